The van der Waals surface area contributed by atoms with E-state index >= 15 is 0 Å². The van der Waals surface area contributed by atoms with Crippen molar-refractivity contribution in [2.45, 2.75) is 31.1 Å². The summed E-state index contributed by atoms with van der Waals surface area (Å²) in [6.07, 6.45) is 6.78. The summed E-state index contributed by atoms with van der Waals surface area (Å²) in [5, 5.41) is 1.29. The fourth-order valence-corrected chi connectivity index (χ4v) is 4.54. The molecule has 4 nitrogen and oxygen atoms in total. The zero-order valence-electron chi connectivity index (χ0n) is 15.2. The number of carbonyl (C=O) groups excluding carboxylic acids is 1. The number of amides is 2. The Morgan fingerprint density at radius 2 is 1.73 bits per heavy atom. The molecule has 1 saturated carbocycles. The van der Waals surface area contributed by atoms with Gasteiger partial charge in [-0.1, -0.05) is 49.2 Å². The second-order valence-corrected chi connectivity index (χ2v) is 7.42. The van der Waals surface area contributed by atoms with E-state index in [1.54, 1.807) is 4.90 Å². The SMILES string of the molecule is Cn1cc(C2(CN(C(N)=O)c3ccccc3)CCCC2)c2ccccc21. The van der Waals surface area contributed by atoms with Gasteiger partial charge in [0.2, 0.25) is 0 Å². The molecule has 0 bridgehead atoms. The molecule has 4 heteroatoms. The molecule has 0 aliphatic heterocycles. The van der Waals surface area contributed by atoms with Crippen molar-refractivity contribution in [3.05, 3.63) is 66.4 Å². The Morgan fingerprint density at radius 1 is 1.08 bits per heavy atom. The molecule has 3 aromatic rings. The zero-order valence-corrected chi connectivity index (χ0v) is 15.2. The van der Waals surface area contributed by atoms with Gasteiger partial charge in [-0.3, -0.25) is 4.90 Å². The van der Waals surface area contributed by atoms with E-state index in [2.05, 4.69) is 42.1 Å². The Morgan fingerprint density at radius 3 is 2.42 bits per heavy atom. The summed E-state index contributed by atoms with van der Waals surface area (Å²) in [7, 11) is 2.09. The molecule has 2 amide bonds. The van der Waals surface area contributed by atoms with Crippen molar-refractivity contribution in [1.82, 2.24) is 4.57 Å². The topological polar surface area (TPSA) is 51.3 Å². The van der Waals surface area contributed by atoms with Crippen molar-refractivity contribution in [2.24, 2.45) is 12.8 Å². The maximum absolute atomic E-state index is 12.3. The van der Waals surface area contributed by atoms with Crippen LogP contribution in [-0.4, -0.2) is 17.1 Å². The molecule has 134 valence electrons. The van der Waals surface area contributed by atoms with E-state index in [0.29, 0.717) is 6.54 Å². The third-order valence-electron chi connectivity index (χ3n) is 5.82. The number of nitrogens with zero attached hydrogens (tertiary/aromatic N) is 2. The molecule has 1 aliphatic rings. The van der Waals surface area contributed by atoms with Gasteiger partial charge >= 0.3 is 6.03 Å². The number of hydrogen-bond acceptors (Lipinski definition) is 1. The van der Waals surface area contributed by atoms with Gasteiger partial charge in [-0.2, -0.15) is 0 Å². The average molecular weight is 347 g/mol. The smallest absolute Gasteiger partial charge is 0.319 e. The minimum absolute atomic E-state index is 0.0499. The van der Waals surface area contributed by atoms with Gasteiger partial charge in [0.05, 0.1) is 0 Å². The number of rotatable bonds is 4. The number of primary amides is 1. The molecule has 1 aliphatic carbocycles. The Labute approximate surface area is 154 Å². The predicted octanol–water partition coefficient (Wildman–Crippen LogP) is 4.58. The first-order valence-electron chi connectivity index (χ1n) is 9.27. The van der Waals surface area contributed by atoms with Crippen molar-refractivity contribution >= 4 is 22.6 Å². The van der Waals surface area contributed by atoms with Crippen LogP contribution in [0.4, 0.5) is 10.5 Å². The van der Waals surface area contributed by atoms with Crippen LogP contribution in [0.1, 0.15) is 31.2 Å². The van der Waals surface area contributed by atoms with E-state index in [9.17, 15) is 4.79 Å². The van der Waals surface area contributed by atoms with E-state index in [1.165, 1.54) is 29.3 Å². The third-order valence-corrected chi connectivity index (χ3v) is 5.82. The van der Waals surface area contributed by atoms with Crippen LogP contribution in [0.25, 0.3) is 10.9 Å². The summed E-state index contributed by atoms with van der Waals surface area (Å²) >= 11 is 0. The van der Waals surface area contributed by atoms with Crippen LogP contribution in [0.5, 0.6) is 0 Å². The normalized spacial score (nSPS) is 16.0. The lowest BCUT2D eigenvalue weighted by molar-refractivity contribution is 0.251. The van der Waals surface area contributed by atoms with Gasteiger partial charge in [-0.05, 0) is 36.6 Å². The molecule has 2 aromatic carbocycles. The second kappa shape index (κ2) is 6.52. The highest BCUT2D eigenvalue weighted by Gasteiger charge is 2.40. The van der Waals surface area contributed by atoms with Gasteiger partial charge < -0.3 is 10.3 Å². The maximum atomic E-state index is 12.3. The van der Waals surface area contributed by atoms with Crippen LogP contribution in [0.2, 0.25) is 0 Å². The van der Waals surface area contributed by atoms with Gasteiger partial charge in [0.15, 0.2) is 0 Å². The maximum Gasteiger partial charge on any atom is 0.319 e. The minimum Gasteiger partial charge on any atom is -0.351 e. The molecule has 0 saturated heterocycles. The van der Waals surface area contributed by atoms with Gasteiger partial charge in [0.1, 0.15) is 0 Å². The lowest BCUT2D eigenvalue weighted by atomic mass is 9.78. The number of fused-ring (bicyclic) bond motifs is 1. The first kappa shape index (κ1) is 16.7. The van der Waals surface area contributed by atoms with Crippen LogP contribution in [0.3, 0.4) is 0 Å². The number of benzene rings is 2. The first-order valence-corrected chi connectivity index (χ1v) is 9.27. The fraction of sp³-hybridized carbons (Fsp3) is 0.318. The molecule has 0 unspecified atom stereocenters. The van der Waals surface area contributed by atoms with Crippen LogP contribution in [0, 0.1) is 0 Å². The van der Waals surface area contributed by atoms with E-state index in [0.717, 1.165) is 18.5 Å². The van der Waals surface area contributed by atoms with E-state index < -0.39 is 0 Å². The van der Waals surface area contributed by atoms with Crippen molar-refractivity contribution in [3.8, 4) is 0 Å². The van der Waals surface area contributed by atoms with Gasteiger partial charge in [-0.15, -0.1) is 0 Å². The summed E-state index contributed by atoms with van der Waals surface area (Å²) in [6, 6.07) is 17.9. The molecule has 1 aromatic heterocycles. The molecule has 1 heterocycles. The lowest BCUT2D eigenvalue weighted by Crippen LogP contribution is -2.45. The summed E-state index contributed by atoms with van der Waals surface area (Å²) in [5.74, 6) is 0. The largest absolute Gasteiger partial charge is 0.351 e. The number of nitrogens with two attached hydrogens (primary N) is 1. The number of aryl methyl sites for hydroxylation is 1. The van der Waals surface area contributed by atoms with Crippen LogP contribution >= 0.6 is 0 Å². The Balaban J connectivity index is 1.80. The quantitative estimate of drug-likeness (QED) is 0.738. The summed E-state index contributed by atoms with van der Waals surface area (Å²) in [6.45, 7) is 0.625. The lowest BCUT2D eigenvalue weighted by Gasteiger charge is -2.35. The van der Waals surface area contributed by atoms with Crippen LogP contribution in [-0.2, 0) is 12.5 Å². The highest BCUT2D eigenvalue weighted by molar-refractivity contribution is 5.91. The molecular formula is C22H25N3O. The van der Waals surface area contributed by atoms with Gasteiger partial charge in [0, 0.05) is 41.8 Å². The number of para-hydroxylation sites is 2. The zero-order chi connectivity index (χ0) is 18.1. The van der Waals surface area contributed by atoms with E-state index in [4.69, 9.17) is 5.73 Å². The van der Waals surface area contributed by atoms with Crippen LogP contribution < -0.4 is 10.6 Å². The third kappa shape index (κ3) is 2.75. The highest BCUT2D eigenvalue weighted by Crippen LogP contribution is 2.45. The number of hydrogen-bond donors (Lipinski definition) is 1. The predicted molar refractivity (Wildman–Crippen MR) is 106 cm³/mol. The molecule has 0 radical (unpaired) electrons. The molecular weight excluding hydrogens is 322 g/mol. The van der Waals surface area contributed by atoms with Gasteiger partial charge in [-0.25, -0.2) is 4.79 Å². The first-order chi connectivity index (χ1) is 12.6. The summed E-state index contributed by atoms with van der Waals surface area (Å²) < 4.78 is 2.20. The summed E-state index contributed by atoms with van der Waals surface area (Å²) in [5.41, 5.74) is 9.18. The number of urea groups is 1. The van der Waals surface area contributed by atoms with E-state index in [1.807, 2.05) is 30.3 Å². The molecule has 2 N–H and O–H groups in total. The van der Waals surface area contributed by atoms with Crippen molar-refractivity contribution < 1.29 is 4.79 Å². The van der Waals surface area contributed by atoms with Gasteiger partial charge in [0.25, 0.3) is 0 Å². The van der Waals surface area contributed by atoms with Crippen molar-refractivity contribution in [2.75, 3.05) is 11.4 Å². The Kier molecular flexibility index (Phi) is 4.19. The minimum atomic E-state index is -0.386. The molecule has 26 heavy (non-hydrogen) atoms. The van der Waals surface area contributed by atoms with E-state index in [-0.39, 0.29) is 11.4 Å². The standard InChI is InChI=1S/C22H25N3O/c1-24-15-19(18-11-5-6-12-20(18)24)22(13-7-8-14-22)16-25(21(23)26)17-9-3-2-4-10-17/h2-6,9-12,15H,7-8,13-14,16H2,1H3,(H2,23,26). The molecule has 4 rings (SSSR count). The molecule has 0 spiro atoms. The van der Waals surface area contributed by atoms with Crippen molar-refractivity contribution in [1.29, 1.82) is 0 Å². The second-order valence-electron chi connectivity index (χ2n) is 7.42. The highest BCUT2D eigenvalue weighted by atomic mass is 16.2. The number of carbonyl (C=O) groups is 1. The fourth-order valence-electron chi connectivity index (χ4n) is 4.54. The molecule has 1 fully saturated rings. The molecule has 0 atom stereocenters. The number of aromatic nitrogens is 1. The van der Waals surface area contributed by atoms with Crippen molar-refractivity contribution in [3.63, 3.8) is 0 Å². The average Bonchev–Trinajstić information content (AvgIpc) is 3.26. The number of anilines is 1. The van der Waals surface area contributed by atoms with Crippen LogP contribution in [0.15, 0.2) is 60.8 Å². The summed E-state index contributed by atoms with van der Waals surface area (Å²) in [4.78, 5) is 14.0. The Hall–Kier alpha value is -2.75. The Bertz CT molecular complexity index is 923. The monoisotopic (exact) mass is 347 g/mol.